The van der Waals surface area contributed by atoms with E-state index in [-0.39, 0.29) is 30.1 Å². The Hall–Kier alpha value is -1.26. The largest absolute Gasteiger partial charge is 0.393 e. The molecule has 1 aromatic carbocycles. The normalized spacial score (nSPS) is 23.1. The Morgan fingerprint density at radius 2 is 1.86 bits per heavy atom. The maximum Gasteiger partial charge on any atom is 0.315 e. The number of nitrogens with one attached hydrogen (secondary N) is 2. The van der Waals surface area contributed by atoms with Crippen molar-refractivity contribution in [2.45, 2.75) is 57.7 Å². The maximum atomic E-state index is 12.3. The van der Waals surface area contributed by atoms with Crippen LogP contribution in [0, 0.1) is 5.92 Å². The first kappa shape index (κ1) is 17.1. The fourth-order valence-electron chi connectivity index (χ4n) is 2.92. The van der Waals surface area contributed by atoms with E-state index in [1.54, 1.807) is 0 Å². The fourth-order valence-corrected chi connectivity index (χ4v) is 3.17. The molecule has 122 valence electrons. The summed E-state index contributed by atoms with van der Waals surface area (Å²) in [6.07, 6.45) is 2.94. The predicted octanol–water partition coefficient (Wildman–Crippen LogP) is 3.64. The van der Waals surface area contributed by atoms with Crippen LogP contribution < -0.4 is 10.6 Å². The average Bonchev–Trinajstić information content (AvgIpc) is 2.48. The molecule has 22 heavy (non-hydrogen) atoms. The van der Waals surface area contributed by atoms with Crippen molar-refractivity contribution in [3.8, 4) is 0 Å². The lowest BCUT2D eigenvalue weighted by Gasteiger charge is -2.29. The molecule has 3 N–H and O–H groups in total. The molecule has 0 radical (unpaired) electrons. The molecule has 1 aliphatic carbocycles. The molecule has 0 aliphatic heterocycles. The van der Waals surface area contributed by atoms with Crippen LogP contribution in [-0.2, 0) is 0 Å². The van der Waals surface area contributed by atoms with Gasteiger partial charge in [-0.1, -0.05) is 43.6 Å². The Balaban J connectivity index is 1.96. The highest BCUT2D eigenvalue weighted by molar-refractivity contribution is 6.31. The summed E-state index contributed by atoms with van der Waals surface area (Å²) in [5, 5.41) is 16.2. The van der Waals surface area contributed by atoms with Gasteiger partial charge in [-0.05, 0) is 43.2 Å². The Bertz CT molecular complexity index is 499. The molecule has 1 saturated carbocycles. The van der Waals surface area contributed by atoms with Crippen LogP contribution in [0.2, 0.25) is 5.02 Å². The Labute approximate surface area is 137 Å². The lowest BCUT2D eigenvalue weighted by Crippen LogP contribution is -2.46. The molecule has 1 unspecified atom stereocenters. The minimum atomic E-state index is -0.215. The number of hydrogen-bond acceptors (Lipinski definition) is 2. The van der Waals surface area contributed by atoms with Gasteiger partial charge in [0.2, 0.25) is 0 Å². The lowest BCUT2D eigenvalue weighted by atomic mass is 9.93. The van der Waals surface area contributed by atoms with Gasteiger partial charge in [0.15, 0.2) is 0 Å². The highest BCUT2D eigenvalue weighted by Crippen LogP contribution is 2.28. The summed E-state index contributed by atoms with van der Waals surface area (Å²) in [5.74, 6) is 0.235. The molecule has 0 bridgehead atoms. The quantitative estimate of drug-likeness (QED) is 0.792. The number of amides is 2. The van der Waals surface area contributed by atoms with Crippen LogP contribution in [0.3, 0.4) is 0 Å². The van der Waals surface area contributed by atoms with E-state index in [0.717, 1.165) is 31.2 Å². The third-order valence-corrected chi connectivity index (χ3v) is 4.57. The second kappa shape index (κ2) is 7.84. The molecule has 0 spiro atoms. The van der Waals surface area contributed by atoms with Crippen LogP contribution in [0.25, 0.3) is 0 Å². The highest BCUT2D eigenvalue weighted by Gasteiger charge is 2.24. The fraction of sp³-hybridized carbons (Fsp3) is 0.588. The molecule has 0 saturated heterocycles. The molecule has 0 aromatic heterocycles. The third kappa shape index (κ3) is 4.62. The van der Waals surface area contributed by atoms with Gasteiger partial charge >= 0.3 is 6.03 Å². The van der Waals surface area contributed by atoms with Crippen molar-refractivity contribution in [2.75, 3.05) is 0 Å². The van der Waals surface area contributed by atoms with Crippen molar-refractivity contribution in [2.24, 2.45) is 5.92 Å². The Morgan fingerprint density at radius 3 is 2.45 bits per heavy atom. The van der Waals surface area contributed by atoms with E-state index in [1.807, 2.05) is 24.3 Å². The van der Waals surface area contributed by atoms with Crippen LogP contribution >= 0.6 is 11.6 Å². The molecule has 1 atom stereocenters. The van der Waals surface area contributed by atoms with E-state index < -0.39 is 0 Å². The topological polar surface area (TPSA) is 61.4 Å². The zero-order chi connectivity index (χ0) is 16.1. The minimum absolute atomic E-state index is 0.122. The van der Waals surface area contributed by atoms with Gasteiger partial charge in [0, 0.05) is 11.1 Å². The molecule has 1 aromatic rings. The number of carbonyl (C=O) groups is 1. The van der Waals surface area contributed by atoms with Gasteiger partial charge in [-0.2, -0.15) is 0 Å². The van der Waals surface area contributed by atoms with E-state index >= 15 is 0 Å². The van der Waals surface area contributed by atoms with E-state index in [1.165, 1.54) is 0 Å². The molecule has 1 fully saturated rings. The highest BCUT2D eigenvalue weighted by atomic mass is 35.5. The number of aliphatic hydroxyl groups excluding tert-OH is 1. The zero-order valence-corrected chi connectivity index (χ0v) is 13.9. The maximum absolute atomic E-state index is 12.3. The van der Waals surface area contributed by atoms with Crippen LogP contribution in [0.4, 0.5) is 4.79 Å². The lowest BCUT2D eigenvalue weighted by molar-refractivity contribution is 0.117. The summed E-state index contributed by atoms with van der Waals surface area (Å²) in [6, 6.07) is 7.46. The number of benzene rings is 1. The van der Waals surface area contributed by atoms with Crippen LogP contribution in [0.15, 0.2) is 24.3 Å². The minimum Gasteiger partial charge on any atom is -0.393 e. The molecule has 1 aliphatic rings. The first-order valence-corrected chi connectivity index (χ1v) is 8.34. The Morgan fingerprint density at radius 1 is 1.23 bits per heavy atom. The van der Waals surface area contributed by atoms with Gasteiger partial charge in [-0.3, -0.25) is 0 Å². The average molecular weight is 325 g/mol. The SMILES string of the molecule is CC(C)C(NC(=O)NC1CCC(O)CC1)c1ccccc1Cl. The van der Waals surface area contributed by atoms with Crippen molar-refractivity contribution in [1.82, 2.24) is 10.6 Å². The number of hydrogen-bond donors (Lipinski definition) is 3. The molecule has 2 amide bonds. The van der Waals surface area contributed by atoms with Gasteiger partial charge in [0.05, 0.1) is 12.1 Å². The second-order valence-corrected chi connectivity index (χ2v) is 6.77. The summed E-state index contributed by atoms with van der Waals surface area (Å²) in [7, 11) is 0. The number of aliphatic hydroxyl groups is 1. The number of rotatable bonds is 4. The first-order chi connectivity index (χ1) is 10.5. The Kier molecular flexibility index (Phi) is 6.09. The van der Waals surface area contributed by atoms with Crippen LogP contribution in [0.5, 0.6) is 0 Å². The van der Waals surface area contributed by atoms with Crippen LogP contribution in [0.1, 0.15) is 51.1 Å². The van der Waals surface area contributed by atoms with Crippen molar-refractivity contribution >= 4 is 17.6 Å². The monoisotopic (exact) mass is 324 g/mol. The zero-order valence-electron chi connectivity index (χ0n) is 13.2. The van der Waals surface area contributed by atoms with Gasteiger partial charge in [-0.25, -0.2) is 4.79 Å². The molecular formula is C17H25ClN2O2. The first-order valence-electron chi connectivity index (χ1n) is 7.97. The smallest absolute Gasteiger partial charge is 0.315 e. The van der Waals surface area contributed by atoms with Gasteiger partial charge in [0.1, 0.15) is 0 Å². The van der Waals surface area contributed by atoms with Gasteiger partial charge in [0.25, 0.3) is 0 Å². The van der Waals surface area contributed by atoms with E-state index in [4.69, 9.17) is 11.6 Å². The van der Waals surface area contributed by atoms with Crippen molar-refractivity contribution in [1.29, 1.82) is 0 Å². The summed E-state index contributed by atoms with van der Waals surface area (Å²) in [4.78, 5) is 12.3. The summed E-state index contributed by atoms with van der Waals surface area (Å²) in [5.41, 5.74) is 0.938. The third-order valence-electron chi connectivity index (χ3n) is 4.23. The summed E-state index contributed by atoms with van der Waals surface area (Å²) >= 11 is 6.25. The standard InChI is InChI=1S/C17H25ClN2O2/c1-11(2)16(14-5-3-4-6-15(14)18)20-17(22)19-12-7-9-13(21)10-8-12/h3-6,11-13,16,21H,7-10H2,1-2H3,(H2,19,20,22). The van der Waals surface area contributed by atoms with Crippen molar-refractivity contribution in [3.05, 3.63) is 34.9 Å². The molecule has 2 rings (SSSR count). The summed E-state index contributed by atoms with van der Waals surface area (Å²) in [6.45, 7) is 4.12. The summed E-state index contributed by atoms with van der Waals surface area (Å²) < 4.78 is 0. The number of halogens is 1. The van der Waals surface area contributed by atoms with E-state index in [0.29, 0.717) is 5.02 Å². The molecular weight excluding hydrogens is 300 g/mol. The van der Waals surface area contributed by atoms with Gasteiger partial charge in [-0.15, -0.1) is 0 Å². The van der Waals surface area contributed by atoms with Gasteiger partial charge < -0.3 is 15.7 Å². The van der Waals surface area contributed by atoms with E-state index in [2.05, 4.69) is 24.5 Å². The van der Waals surface area contributed by atoms with Crippen molar-refractivity contribution in [3.63, 3.8) is 0 Å². The molecule has 0 heterocycles. The number of carbonyl (C=O) groups excluding carboxylic acids is 1. The van der Waals surface area contributed by atoms with Crippen LogP contribution in [-0.4, -0.2) is 23.3 Å². The molecule has 4 nitrogen and oxygen atoms in total. The number of urea groups is 1. The predicted molar refractivity (Wildman–Crippen MR) is 89.0 cm³/mol. The second-order valence-electron chi connectivity index (χ2n) is 6.37. The van der Waals surface area contributed by atoms with E-state index in [9.17, 15) is 9.90 Å². The molecule has 5 heteroatoms. The van der Waals surface area contributed by atoms with Crippen molar-refractivity contribution < 1.29 is 9.90 Å².